The topological polar surface area (TPSA) is 215 Å². The summed E-state index contributed by atoms with van der Waals surface area (Å²) in [5.41, 5.74) is 8.95. The van der Waals surface area contributed by atoms with Gasteiger partial charge in [-0.05, 0) is 48.2 Å². The van der Waals surface area contributed by atoms with Crippen LogP contribution >= 0.6 is 0 Å². The molecule has 0 radical (unpaired) electrons. The van der Waals surface area contributed by atoms with Crippen LogP contribution in [0, 0.1) is 0 Å². The maximum absolute atomic E-state index is 11.8. The molecule has 44 heavy (non-hydrogen) atoms. The lowest BCUT2D eigenvalue weighted by atomic mass is 9.91. The Morgan fingerprint density at radius 2 is 1.66 bits per heavy atom. The van der Waals surface area contributed by atoms with E-state index >= 15 is 0 Å². The van der Waals surface area contributed by atoms with Crippen LogP contribution in [-0.2, 0) is 4.79 Å². The van der Waals surface area contributed by atoms with Gasteiger partial charge in [-0.2, -0.15) is 9.97 Å². The van der Waals surface area contributed by atoms with Crippen molar-refractivity contribution in [3.63, 3.8) is 0 Å². The molecule has 232 valence electrons. The van der Waals surface area contributed by atoms with Crippen LogP contribution in [0.5, 0.6) is 11.5 Å². The number of carbonyl (C=O) groups is 1. The van der Waals surface area contributed by atoms with E-state index in [2.05, 4.69) is 15.6 Å². The summed E-state index contributed by atoms with van der Waals surface area (Å²) >= 11 is 0. The second-order valence-electron chi connectivity index (χ2n) is 11.4. The lowest BCUT2D eigenvalue weighted by Gasteiger charge is -2.22. The van der Waals surface area contributed by atoms with Gasteiger partial charge in [0.1, 0.15) is 30.3 Å². The molecule has 1 amide bonds. The highest BCUT2D eigenvalue weighted by atomic mass is 16.3. The molecule has 3 heterocycles. The Morgan fingerprint density at radius 3 is 2.25 bits per heavy atom. The summed E-state index contributed by atoms with van der Waals surface area (Å²) in [5, 5.41) is 56.5. The van der Waals surface area contributed by atoms with E-state index in [1.807, 2.05) is 29.2 Å². The number of rotatable bonds is 9. The highest BCUT2D eigenvalue weighted by Gasteiger charge is 2.44. The minimum atomic E-state index is -1.25. The summed E-state index contributed by atoms with van der Waals surface area (Å²) in [6, 6.07) is 12.4. The number of nitrogens with zero attached hydrogens (tertiary/aromatic N) is 5. The molecule has 2 aromatic carbocycles. The van der Waals surface area contributed by atoms with Crippen molar-refractivity contribution in [2.75, 3.05) is 36.5 Å². The van der Waals surface area contributed by atoms with Crippen molar-refractivity contribution < 1.29 is 30.3 Å². The standard InChI is InChI=1S/C30H36N8O6/c31-18-9-10-37(13-18)30-35-28(32-12-21(16-1-5-19(40)6-2-16)17-3-7-20(41)8-4-17)25-29(36-30)38(15-33-25)23-11-22(26(43)27(23)44)34-24(42)14-39/h1-8,15,18,21-23,26-27,39-41,43-44H,9-14,31H2,(H,34,42)(H,32,35,36)/t18-,22+,23-,26-,27+/m1/s1. The van der Waals surface area contributed by atoms with Gasteiger partial charge in [-0.25, -0.2) is 4.98 Å². The Balaban J connectivity index is 1.36. The van der Waals surface area contributed by atoms with Gasteiger partial charge in [-0.15, -0.1) is 0 Å². The number of phenols is 2. The van der Waals surface area contributed by atoms with Gasteiger partial charge in [0.15, 0.2) is 17.0 Å². The number of nitrogens with two attached hydrogens (primary N) is 1. The number of phenolic OH excluding ortho intramolecular Hbond substituents is 2. The first-order valence-corrected chi connectivity index (χ1v) is 14.5. The van der Waals surface area contributed by atoms with Crippen molar-refractivity contribution in [3.05, 3.63) is 66.0 Å². The van der Waals surface area contributed by atoms with Gasteiger partial charge in [0.2, 0.25) is 11.9 Å². The van der Waals surface area contributed by atoms with Crippen LogP contribution in [0.3, 0.4) is 0 Å². The molecule has 9 N–H and O–H groups in total. The predicted molar refractivity (Wildman–Crippen MR) is 161 cm³/mol. The molecule has 4 aromatic rings. The zero-order valence-electron chi connectivity index (χ0n) is 23.9. The third-order valence-corrected chi connectivity index (χ3v) is 8.48. The average molecular weight is 605 g/mol. The molecule has 14 heteroatoms. The number of imidazole rings is 1. The van der Waals surface area contributed by atoms with Crippen LogP contribution in [0.25, 0.3) is 11.2 Å². The van der Waals surface area contributed by atoms with Crippen molar-refractivity contribution in [2.24, 2.45) is 5.73 Å². The lowest BCUT2D eigenvalue weighted by molar-refractivity contribution is -0.125. The van der Waals surface area contributed by atoms with Crippen LogP contribution in [-0.4, -0.2) is 101 Å². The molecule has 14 nitrogen and oxygen atoms in total. The fourth-order valence-corrected chi connectivity index (χ4v) is 6.10. The molecule has 0 bridgehead atoms. The zero-order chi connectivity index (χ0) is 31.0. The molecule has 1 aliphatic carbocycles. The van der Waals surface area contributed by atoms with E-state index in [9.17, 15) is 25.2 Å². The summed E-state index contributed by atoms with van der Waals surface area (Å²) < 4.78 is 1.69. The number of benzene rings is 2. The zero-order valence-corrected chi connectivity index (χ0v) is 23.9. The second-order valence-corrected chi connectivity index (χ2v) is 11.4. The van der Waals surface area contributed by atoms with Gasteiger partial charge in [0.25, 0.3) is 0 Å². The van der Waals surface area contributed by atoms with E-state index in [-0.39, 0.29) is 29.9 Å². The molecule has 1 saturated carbocycles. The minimum absolute atomic E-state index is 0.0216. The fraction of sp³-hybridized carbons (Fsp3) is 0.400. The molecule has 5 atom stereocenters. The number of aromatic hydroxyl groups is 2. The molecule has 0 unspecified atom stereocenters. The Bertz CT molecular complexity index is 1570. The van der Waals surface area contributed by atoms with E-state index in [0.29, 0.717) is 42.6 Å². The van der Waals surface area contributed by atoms with Gasteiger partial charge in [0.05, 0.1) is 18.4 Å². The van der Waals surface area contributed by atoms with Gasteiger partial charge < -0.3 is 51.4 Å². The normalized spacial score (nSPS) is 23.5. The van der Waals surface area contributed by atoms with E-state index < -0.39 is 36.8 Å². The Hall–Kier alpha value is -4.50. The molecular weight excluding hydrogens is 568 g/mol. The van der Waals surface area contributed by atoms with E-state index in [0.717, 1.165) is 17.5 Å². The van der Waals surface area contributed by atoms with Crippen molar-refractivity contribution in [2.45, 2.75) is 49.1 Å². The Labute approximate surface area is 252 Å². The number of aliphatic hydroxyl groups is 3. The molecule has 6 rings (SSSR count). The largest absolute Gasteiger partial charge is 0.508 e. The summed E-state index contributed by atoms with van der Waals surface area (Å²) in [6.45, 7) is 0.900. The van der Waals surface area contributed by atoms with Gasteiger partial charge in [-0.3, -0.25) is 4.79 Å². The van der Waals surface area contributed by atoms with E-state index in [4.69, 9.17) is 20.8 Å². The summed E-state index contributed by atoms with van der Waals surface area (Å²) in [4.78, 5) is 28.1. The number of amides is 1. The average Bonchev–Trinajstić information content (AvgIpc) is 3.72. The quantitative estimate of drug-likeness (QED) is 0.128. The third-order valence-electron chi connectivity index (χ3n) is 8.48. The minimum Gasteiger partial charge on any atom is -0.508 e. The number of hydrogen-bond acceptors (Lipinski definition) is 12. The van der Waals surface area contributed by atoms with Crippen LogP contribution in [0.2, 0.25) is 0 Å². The fourth-order valence-electron chi connectivity index (χ4n) is 6.10. The lowest BCUT2D eigenvalue weighted by Crippen LogP contribution is -2.44. The maximum Gasteiger partial charge on any atom is 0.246 e. The van der Waals surface area contributed by atoms with Crippen LogP contribution in [0.1, 0.15) is 35.9 Å². The molecule has 2 aromatic heterocycles. The molecule has 1 saturated heterocycles. The number of hydrogen-bond donors (Lipinski definition) is 8. The summed E-state index contributed by atoms with van der Waals surface area (Å²) in [6.07, 6.45) is 0.0465. The first-order valence-electron chi connectivity index (χ1n) is 14.5. The predicted octanol–water partition coefficient (Wildman–Crippen LogP) is 0.163. The SMILES string of the molecule is N[C@@H]1CCN(c2nc(NCC(c3ccc(O)cc3)c3ccc(O)cc3)c3ncn([C@@H]4C[C@H](NC(=O)CO)[C@@H](O)[C@H]4O)c3n2)C1. The van der Waals surface area contributed by atoms with Gasteiger partial charge in [0, 0.05) is 31.6 Å². The van der Waals surface area contributed by atoms with E-state index in [1.165, 1.54) is 6.33 Å². The molecule has 2 aliphatic rings. The summed E-state index contributed by atoms with van der Waals surface area (Å²) in [5.74, 6) is 0.383. The number of aliphatic hydroxyl groups excluding tert-OH is 3. The van der Waals surface area contributed by atoms with Crippen molar-refractivity contribution in [1.82, 2.24) is 24.8 Å². The smallest absolute Gasteiger partial charge is 0.246 e. The van der Waals surface area contributed by atoms with Crippen molar-refractivity contribution in [1.29, 1.82) is 0 Å². The monoisotopic (exact) mass is 604 g/mol. The summed E-state index contributed by atoms with van der Waals surface area (Å²) in [7, 11) is 0. The first kappa shape index (κ1) is 29.6. The molecule has 2 fully saturated rings. The van der Waals surface area contributed by atoms with Crippen LogP contribution in [0.4, 0.5) is 11.8 Å². The van der Waals surface area contributed by atoms with Gasteiger partial charge in [-0.1, -0.05) is 24.3 Å². The first-order chi connectivity index (χ1) is 21.2. The van der Waals surface area contributed by atoms with Crippen LogP contribution < -0.4 is 21.3 Å². The second kappa shape index (κ2) is 12.2. The highest BCUT2D eigenvalue weighted by molar-refractivity contribution is 5.84. The Morgan fingerprint density at radius 1 is 1.00 bits per heavy atom. The van der Waals surface area contributed by atoms with Crippen LogP contribution in [0.15, 0.2) is 54.9 Å². The number of aromatic nitrogens is 4. The Kier molecular flexibility index (Phi) is 8.23. The number of carbonyl (C=O) groups excluding carboxylic acids is 1. The number of anilines is 2. The third kappa shape index (κ3) is 5.84. The molecule has 0 spiro atoms. The number of fused-ring (bicyclic) bond motifs is 1. The number of nitrogens with one attached hydrogen (secondary N) is 2. The highest BCUT2D eigenvalue weighted by Crippen LogP contribution is 2.35. The molecular formula is C30H36N8O6. The van der Waals surface area contributed by atoms with Crippen molar-refractivity contribution >= 4 is 28.8 Å². The van der Waals surface area contributed by atoms with Crippen molar-refractivity contribution in [3.8, 4) is 11.5 Å². The van der Waals surface area contributed by atoms with Gasteiger partial charge >= 0.3 is 0 Å². The van der Waals surface area contributed by atoms with E-state index in [1.54, 1.807) is 28.8 Å². The molecule has 1 aliphatic heterocycles. The maximum atomic E-state index is 11.8.